The Kier molecular flexibility index (Phi) is 4.15. The number of hydrogen-bond donors (Lipinski definition) is 2. The van der Waals surface area contributed by atoms with Crippen LogP contribution in [-0.4, -0.2) is 30.5 Å². The van der Waals surface area contributed by atoms with Gasteiger partial charge in [-0.2, -0.15) is 0 Å². The quantitative estimate of drug-likeness (QED) is 0.815. The molecule has 0 aliphatic rings. The number of aliphatic hydroxyl groups excluding tert-OH is 2. The fraction of sp³-hybridized carbons (Fsp3) is 0.500. The van der Waals surface area contributed by atoms with Crippen LogP contribution in [-0.2, 0) is 0 Å². The van der Waals surface area contributed by atoms with E-state index in [-0.39, 0.29) is 0 Å². The predicted molar refractivity (Wildman–Crippen MR) is 60.9 cm³/mol. The molecular formula is C12H18O4. The lowest BCUT2D eigenvalue weighted by atomic mass is 10.0. The van der Waals surface area contributed by atoms with E-state index in [9.17, 15) is 10.2 Å². The first-order chi connectivity index (χ1) is 7.52. The van der Waals surface area contributed by atoms with Crippen molar-refractivity contribution >= 4 is 0 Å². The zero-order valence-electron chi connectivity index (χ0n) is 10.0. The lowest BCUT2D eigenvalue weighted by Crippen LogP contribution is -2.15. The Morgan fingerprint density at radius 1 is 1.12 bits per heavy atom. The van der Waals surface area contributed by atoms with Crippen LogP contribution in [0.4, 0.5) is 0 Å². The molecular weight excluding hydrogens is 208 g/mol. The Labute approximate surface area is 95.4 Å². The van der Waals surface area contributed by atoms with E-state index in [2.05, 4.69) is 0 Å². The maximum absolute atomic E-state index is 9.83. The fourth-order valence-electron chi connectivity index (χ4n) is 1.68. The third-order valence-corrected chi connectivity index (χ3v) is 2.59. The molecule has 0 fully saturated rings. The summed E-state index contributed by atoms with van der Waals surface area (Å²) in [5.41, 5.74) is 1.37. The number of hydrogen-bond acceptors (Lipinski definition) is 4. The van der Waals surface area contributed by atoms with E-state index in [0.717, 1.165) is 5.56 Å². The number of benzene rings is 1. The van der Waals surface area contributed by atoms with Crippen molar-refractivity contribution in [2.24, 2.45) is 0 Å². The van der Waals surface area contributed by atoms with Gasteiger partial charge in [-0.15, -0.1) is 0 Å². The van der Waals surface area contributed by atoms with Crippen molar-refractivity contribution in [3.8, 4) is 11.5 Å². The second kappa shape index (κ2) is 5.18. The largest absolute Gasteiger partial charge is 0.496 e. The minimum Gasteiger partial charge on any atom is -0.496 e. The van der Waals surface area contributed by atoms with Gasteiger partial charge in [0.25, 0.3) is 0 Å². The maximum Gasteiger partial charge on any atom is 0.131 e. The average molecular weight is 226 g/mol. The van der Waals surface area contributed by atoms with Crippen molar-refractivity contribution in [2.45, 2.75) is 26.1 Å². The van der Waals surface area contributed by atoms with Crippen molar-refractivity contribution < 1.29 is 19.7 Å². The minimum atomic E-state index is -0.959. The van der Waals surface area contributed by atoms with E-state index in [0.29, 0.717) is 17.1 Å². The summed E-state index contributed by atoms with van der Waals surface area (Å²) in [7, 11) is 3.10. The summed E-state index contributed by atoms with van der Waals surface area (Å²) < 4.78 is 10.4. The van der Waals surface area contributed by atoms with Crippen LogP contribution in [0.25, 0.3) is 0 Å². The van der Waals surface area contributed by atoms with Crippen molar-refractivity contribution in [3.05, 3.63) is 23.3 Å². The van der Waals surface area contributed by atoms with Crippen LogP contribution >= 0.6 is 0 Å². The molecule has 0 radical (unpaired) electrons. The van der Waals surface area contributed by atoms with Gasteiger partial charge in [-0.1, -0.05) is 0 Å². The Morgan fingerprint density at radius 2 is 1.75 bits per heavy atom. The molecule has 0 heterocycles. The zero-order valence-corrected chi connectivity index (χ0v) is 10.0. The Morgan fingerprint density at radius 3 is 2.19 bits per heavy atom. The third-order valence-electron chi connectivity index (χ3n) is 2.59. The van der Waals surface area contributed by atoms with Crippen LogP contribution in [0.3, 0.4) is 0 Å². The van der Waals surface area contributed by atoms with Gasteiger partial charge in [0, 0.05) is 11.1 Å². The molecule has 2 unspecified atom stereocenters. The van der Waals surface area contributed by atoms with Gasteiger partial charge in [-0.05, 0) is 26.0 Å². The first-order valence-electron chi connectivity index (χ1n) is 5.10. The van der Waals surface area contributed by atoms with E-state index in [1.54, 1.807) is 19.2 Å². The first-order valence-corrected chi connectivity index (χ1v) is 5.10. The van der Waals surface area contributed by atoms with Crippen LogP contribution in [0.1, 0.15) is 24.2 Å². The van der Waals surface area contributed by atoms with Crippen molar-refractivity contribution in [1.29, 1.82) is 0 Å². The molecule has 16 heavy (non-hydrogen) atoms. The van der Waals surface area contributed by atoms with Crippen LogP contribution < -0.4 is 9.47 Å². The van der Waals surface area contributed by atoms with Gasteiger partial charge in [0.15, 0.2) is 0 Å². The van der Waals surface area contributed by atoms with E-state index >= 15 is 0 Å². The molecule has 4 nitrogen and oxygen atoms in total. The summed E-state index contributed by atoms with van der Waals surface area (Å²) in [4.78, 5) is 0. The Hall–Kier alpha value is -1.26. The van der Waals surface area contributed by atoms with E-state index in [4.69, 9.17) is 9.47 Å². The lowest BCUT2D eigenvalue weighted by molar-refractivity contribution is 0.0289. The monoisotopic (exact) mass is 226 g/mol. The molecule has 1 aromatic rings. The highest BCUT2D eigenvalue weighted by Gasteiger charge is 2.20. The van der Waals surface area contributed by atoms with Gasteiger partial charge in [0.2, 0.25) is 0 Å². The summed E-state index contributed by atoms with van der Waals surface area (Å²) in [6, 6.07) is 3.45. The van der Waals surface area contributed by atoms with Gasteiger partial charge in [-0.25, -0.2) is 0 Å². The molecule has 0 aromatic heterocycles. The number of ether oxygens (including phenoxy) is 2. The van der Waals surface area contributed by atoms with Crippen molar-refractivity contribution in [1.82, 2.24) is 0 Å². The Bertz CT molecular complexity index is 360. The van der Waals surface area contributed by atoms with Crippen LogP contribution in [0.2, 0.25) is 0 Å². The van der Waals surface area contributed by atoms with Crippen LogP contribution in [0, 0.1) is 6.92 Å². The van der Waals surface area contributed by atoms with Crippen molar-refractivity contribution in [3.63, 3.8) is 0 Å². The van der Waals surface area contributed by atoms with Crippen molar-refractivity contribution in [2.75, 3.05) is 14.2 Å². The van der Waals surface area contributed by atoms with Gasteiger partial charge in [0.1, 0.15) is 17.6 Å². The number of aliphatic hydroxyl groups is 2. The predicted octanol–water partition coefficient (Wildman–Crippen LogP) is 1.43. The zero-order chi connectivity index (χ0) is 12.3. The van der Waals surface area contributed by atoms with Gasteiger partial charge < -0.3 is 19.7 Å². The molecule has 90 valence electrons. The fourth-order valence-corrected chi connectivity index (χ4v) is 1.68. The molecule has 0 aliphatic carbocycles. The number of methoxy groups -OCH3 is 2. The summed E-state index contributed by atoms with van der Waals surface area (Å²) in [6.45, 7) is 3.37. The summed E-state index contributed by atoms with van der Waals surface area (Å²) in [5, 5.41) is 19.2. The lowest BCUT2D eigenvalue weighted by Gasteiger charge is -2.19. The SMILES string of the molecule is COc1ccc(C(O)C(C)O)c(OC)c1C. The van der Waals surface area contributed by atoms with Crippen LogP contribution in [0.15, 0.2) is 12.1 Å². The summed E-state index contributed by atoms with van der Waals surface area (Å²) in [6.07, 6.45) is -1.80. The minimum absolute atomic E-state index is 0.549. The van der Waals surface area contributed by atoms with Gasteiger partial charge >= 0.3 is 0 Å². The molecule has 0 spiro atoms. The van der Waals surface area contributed by atoms with Gasteiger partial charge in [0.05, 0.1) is 20.3 Å². The van der Waals surface area contributed by atoms with E-state index < -0.39 is 12.2 Å². The van der Waals surface area contributed by atoms with E-state index in [1.807, 2.05) is 6.92 Å². The molecule has 4 heteroatoms. The topological polar surface area (TPSA) is 58.9 Å². The highest BCUT2D eigenvalue weighted by Crippen LogP contribution is 2.35. The number of rotatable bonds is 4. The summed E-state index contributed by atoms with van der Waals surface area (Å²) >= 11 is 0. The molecule has 0 bridgehead atoms. The molecule has 0 amide bonds. The molecule has 2 atom stereocenters. The molecule has 0 saturated carbocycles. The highest BCUT2D eigenvalue weighted by atomic mass is 16.5. The smallest absolute Gasteiger partial charge is 0.131 e. The Balaban J connectivity index is 3.25. The molecule has 1 rings (SSSR count). The third kappa shape index (κ3) is 2.28. The molecule has 0 aliphatic heterocycles. The molecule has 2 N–H and O–H groups in total. The average Bonchev–Trinajstić information content (AvgIpc) is 2.27. The standard InChI is InChI=1S/C12H18O4/c1-7-10(15-3)6-5-9(12(7)16-4)11(14)8(2)13/h5-6,8,11,13-14H,1-4H3. The van der Waals surface area contributed by atoms with Crippen LogP contribution in [0.5, 0.6) is 11.5 Å². The molecule has 0 saturated heterocycles. The molecule has 1 aromatic carbocycles. The summed E-state index contributed by atoms with van der Waals surface area (Å²) in [5.74, 6) is 1.24. The highest BCUT2D eigenvalue weighted by molar-refractivity contribution is 5.50. The maximum atomic E-state index is 9.83. The second-order valence-corrected chi connectivity index (χ2v) is 3.70. The normalized spacial score (nSPS) is 14.4. The van der Waals surface area contributed by atoms with E-state index in [1.165, 1.54) is 14.0 Å². The first kappa shape index (κ1) is 12.8. The van der Waals surface area contributed by atoms with Gasteiger partial charge in [-0.3, -0.25) is 0 Å². The second-order valence-electron chi connectivity index (χ2n) is 3.70.